The van der Waals surface area contributed by atoms with Crippen molar-refractivity contribution in [1.29, 1.82) is 0 Å². The first-order chi connectivity index (χ1) is 10.2. The van der Waals surface area contributed by atoms with Gasteiger partial charge in [0.05, 0.1) is 12.8 Å². The summed E-state index contributed by atoms with van der Waals surface area (Å²) >= 11 is 0. The van der Waals surface area contributed by atoms with E-state index in [-0.39, 0.29) is 0 Å². The lowest BCUT2D eigenvalue weighted by Crippen LogP contribution is -2.23. The number of hydrogen-bond acceptors (Lipinski definition) is 3. The number of hydrogen-bond donors (Lipinski definition) is 1. The summed E-state index contributed by atoms with van der Waals surface area (Å²) in [5.41, 5.74) is 3.80. The highest BCUT2D eigenvalue weighted by Gasteiger charge is 2.11. The molecular weight excluding hydrogens is 260 g/mol. The Morgan fingerprint density at radius 2 is 2.05 bits per heavy atom. The SMILES string of the molecule is CCCNCc1ccoc1CN(CC)c1cccc(C)c1. The van der Waals surface area contributed by atoms with Crippen LogP contribution in [0.4, 0.5) is 5.69 Å². The number of rotatable bonds is 8. The molecule has 0 radical (unpaired) electrons. The minimum Gasteiger partial charge on any atom is -0.467 e. The van der Waals surface area contributed by atoms with Crippen molar-refractivity contribution in [3.63, 3.8) is 0 Å². The van der Waals surface area contributed by atoms with Crippen LogP contribution < -0.4 is 10.2 Å². The fourth-order valence-corrected chi connectivity index (χ4v) is 2.45. The zero-order valence-corrected chi connectivity index (χ0v) is 13.4. The molecule has 1 aromatic carbocycles. The van der Waals surface area contributed by atoms with Crippen LogP contribution >= 0.6 is 0 Å². The summed E-state index contributed by atoms with van der Waals surface area (Å²) in [6.45, 7) is 10.2. The maximum atomic E-state index is 5.70. The molecule has 0 aliphatic carbocycles. The Hall–Kier alpha value is -1.74. The van der Waals surface area contributed by atoms with E-state index in [1.165, 1.54) is 16.8 Å². The zero-order valence-electron chi connectivity index (χ0n) is 13.4. The van der Waals surface area contributed by atoms with Gasteiger partial charge in [-0.1, -0.05) is 19.1 Å². The van der Waals surface area contributed by atoms with Crippen LogP contribution in [-0.4, -0.2) is 13.1 Å². The summed E-state index contributed by atoms with van der Waals surface area (Å²) in [6, 6.07) is 10.7. The summed E-state index contributed by atoms with van der Waals surface area (Å²) in [5.74, 6) is 1.06. The van der Waals surface area contributed by atoms with Crippen molar-refractivity contribution in [2.45, 2.75) is 40.3 Å². The van der Waals surface area contributed by atoms with E-state index in [1.807, 2.05) is 0 Å². The molecule has 0 unspecified atom stereocenters. The average Bonchev–Trinajstić information content (AvgIpc) is 2.92. The summed E-state index contributed by atoms with van der Waals surface area (Å²) in [6.07, 6.45) is 2.94. The van der Waals surface area contributed by atoms with Crippen molar-refractivity contribution in [3.05, 3.63) is 53.5 Å². The van der Waals surface area contributed by atoms with Gasteiger partial charge in [-0.15, -0.1) is 0 Å². The smallest absolute Gasteiger partial charge is 0.127 e. The highest BCUT2D eigenvalue weighted by molar-refractivity contribution is 5.48. The van der Waals surface area contributed by atoms with E-state index in [1.54, 1.807) is 6.26 Å². The number of benzene rings is 1. The molecule has 114 valence electrons. The van der Waals surface area contributed by atoms with Crippen molar-refractivity contribution in [2.24, 2.45) is 0 Å². The number of aryl methyl sites for hydroxylation is 1. The second-order valence-corrected chi connectivity index (χ2v) is 5.40. The molecule has 0 saturated heterocycles. The standard InChI is InChI=1S/C18H26N2O/c1-4-10-19-13-16-9-11-21-18(16)14-20(5-2)17-8-6-7-15(3)12-17/h6-9,11-12,19H,4-5,10,13-14H2,1-3H3. The molecule has 0 spiro atoms. The maximum absolute atomic E-state index is 5.70. The first kappa shape index (κ1) is 15.6. The van der Waals surface area contributed by atoms with Gasteiger partial charge in [-0.25, -0.2) is 0 Å². The maximum Gasteiger partial charge on any atom is 0.127 e. The Bertz CT molecular complexity index is 548. The number of nitrogens with zero attached hydrogens (tertiary/aromatic N) is 1. The zero-order chi connectivity index (χ0) is 15.1. The van der Waals surface area contributed by atoms with Gasteiger partial charge in [0.25, 0.3) is 0 Å². The van der Waals surface area contributed by atoms with Crippen molar-refractivity contribution in [2.75, 3.05) is 18.0 Å². The minimum atomic E-state index is 0.816. The van der Waals surface area contributed by atoms with E-state index >= 15 is 0 Å². The topological polar surface area (TPSA) is 28.4 Å². The molecular formula is C18H26N2O. The number of furan rings is 1. The van der Waals surface area contributed by atoms with Crippen molar-refractivity contribution in [3.8, 4) is 0 Å². The molecule has 0 amide bonds. The van der Waals surface area contributed by atoms with E-state index in [0.29, 0.717) is 0 Å². The Morgan fingerprint density at radius 3 is 2.76 bits per heavy atom. The van der Waals surface area contributed by atoms with Gasteiger partial charge in [0.15, 0.2) is 0 Å². The van der Waals surface area contributed by atoms with Crippen LogP contribution in [-0.2, 0) is 13.1 Å². The second kappa shape index (κ2) is 7.89. The van der Waals surface area contributed by atoms with Crippen LogP contribution in [0.5, 0.6) is 0 Å². The highest BCUT2D eigenvalue weighted by Crippen LogP contribution is 2.20. The lowest BCUT2D eigenvalue weighted by molar-refractivity contribution is 0.495. The molecule has 0 atom stereocenters. The van der Waals surface area contributed by atoms with Gasteiger partial charge in [-0.2, -0.15) is 0 Å². The fourth-order valence-electron chi connectivity index (χ4n) is 2.45. The third-order valence-corrected chi connectivity index (χ3v) is 3.66. The fraction of sp³-hybridized carbons (Fsp3) is 0.444. The van der Waals surface area contributed by atoms with Gasteiger partial charge in [-0.3, -0.25) is 0 Å². The Balaban J connectivity index is 2.07. The lowest BCUT2D eigenvalue weighted by atomic mass is 10.2. The van der Waals surface area contributed by atoms with E-state index in [0.717, 1.165) is 38.4 Å². The van der Waals surface area contributed by atoms with Gasteiger partial charge < -0.3 is 14.6 Å². The van der Waals surface area contributed by atoms with Crippen LogP contribution in [0.2, 0.25) is 0 Å². The predicted molar refractivity (Wildman–Crippen MR) is 88.6 cm³/mol. The number of anilines is 1. The summed E-state index contributed by atoms with van der Waals surface area (Å²) in [7, 11) is 0. The van der Waals surface area contributed by atoms with Crippen LogP contribution in [0.3, 0.4) is 0 Å². The molecule has 1 aromatic heterocycles. The Kier molecular flexibility index (Phi) is 5.88. The van der Waals surface area contributed by atoms with Crippen LogP contribution in [0.1, 0.15) is 37.2 Å². The minimum absolute atomic E-state index is 0.816. The Labute approximate surface area is 128 Å². The average molecular weight is 286 g/mol. The third kappa shape index (κ3) is 4.36. The van der Waals surface area contributed by atoms with E-state index in [4.69, 9.17) is 4.42 Å². The van der Waals surface area contributed by atoms with Gasteiger partial charge in [0.2, 0.25) is 0 Å². The van der Waals surface area contributed by atoms with E-state index in [2.05, 4.69) is 61.3 Å². The number of nitrogens with one attached hydrogen (secondary N) is 1. The van der Waals surface area contributed by atoms with Gasteiger partial charge >= 0.3 is 0 Å². The van der Waals surface area contributed by atoms with E-state index < -0.39 is 0 Å². The van der Waals surface area contributed by atoms with Crippen LogP contribution in [0.25, 0.3) is 0 Å². The molecule has 21 heavy (non-hydrogen) atoms. The highest BCUT2D eigenvalue weighted by atomic mass is 16.3. The van der Waals surface area contributed by atoms with E-state index in [9.17, 15) is 0 Å². The van der Waals surface area contributed by atoms with Gasteiger partial charge in [-0.05, 0) is 50.6 Å². The molecule has 0 aliphatic heterocycles. The molecule has 1 heterocycles. The van der Waals surface area contributed by atoms with Crippen LogP contribution in [0.15, 0.2) is 41.0 Å². The quantitative estimate of drug-likeness (QED) is 0.740. The monoisotopic (exact) mass is 286 g/mol. The van der Waals surface area contributed by atoms with Crippen LogP contribution in [0, 0.1) is 6.92 Å². The predicted octanol–water partition coefficient (Wildman–Crippen LogP) is 4.11. The molecule has 3 nitrogen and oxygen atoms in total. The van der Waals surface area contributed by atoms with Gasteiger partial charge in [0, 0.05) is 24.3 Å². The molecule has 0 fully saturated rings. The summed E-state index contributed by atoms with van der Waals surface area (Å²) < 4.78 is 5.70. The lowest BCUT2D eigenvalue weighted by Gasteiger charge is -2.23. The molecule has 2 aromatic rings. The summed E-state index contributed by atoms with van der Waals surface area (Å²) in [5, 5.41) is 3.44. The largest absolute Gasteiger partial charge is 0.467 e. The van der Waals surface area contributed by atoms with Crippen molar-refractivity contribution >= 4 is 5.69 Å². The molecule has 1 N–H and O–H groups in total. The Morgan fingerprint density at radius 1 is 1.19 bits per heavy atom. The first-order valence-corrected chi connectivity index (χ1v) is 7.82. The summed E-state index contributed by atoms with van der Waals surface area (Å²) in [4.78, 5) is 2.34. The van der Waals surface area contributed by atoms with Crippen molar-refractivity contribution in [1.82, 2.24) is 5.32 Å². The molecule has 3 heteroatoms. The third-order valence-electron chi connectivity index (χ3n) is 3.66. The van der Waals surface area contributed by atoms with Gasteiger partial charge in [0.1, 0.15) is 5.76 Å². The molecule has 0 bridgehead atoms. The second-order valence-electron chi connectivity index (χ2n) is 5.40. The van der Waals surface area contributed by atoms with Crippen molar-refractivity contribution < 1.29 is 4.42 Å². The molecule has 0 aliphatic rings. The molecule has 2 rings (SSSR count). The molecule has 0 saturated carbocycles. The normalized spacial score (nSPS) is 10.8. The first-order valence-electron chi connectivity index (χ1n) is 7.82.